The summed E-state index contributed by atoms with van der Waals surface area (Å²) in [5.74, 6) is -0.417. The lowest BCUT2D eigenvalue weighted by Crippen LogP contribution is -2.34. The standard InChI is InChI=1S/C21H24FN3O3S/c22-14-7-9-15(10-8-14)23-19(26)13-29-20-17-5-1-2-6-18(17)25(21(27)24-20)12-16-4-3-11-28-16/h7-10,16H,1-6,11-13H2,(H,23,26). The van der Waals surface area contributed by atoms with Gasteiger partial charge in [-0.2, -0.15) is 4.98 Å². The van der Waals surface area contributed by atoms with Gasteiger partial charge in [-0.15, -0.1) is 0 Å². The molecule has 6 nitrogen and oxygen atoms in total. The van der Waals surface area contributed by atoms with E-state index in [4.69, 9.17) is 4.74 Å². The Bertz CT molecular complexity index is 939. The van der Waals surface area contributed by atoms with Gasteiger partial charge >= 0.3 is 5.69 Å². The van der Waals surface area contributed by atoms with Crippen LogP contribution in [0.4, 0.5) is 10.1 Å². The largest absolute Gasteiger partial charge is 0.376 e. The van der Waals surface area contributed by atoms with Crippen LogP contribution in [-0.2, 0) is 28.9 Å². The number of anilines is 1. The number of nitrogens with one attached hydrogen (secondary N) is 1. The van der Waals surface area contributed by atoms with E-state index in [9.17, 15) is 14.0 Å². The molecule has 0 radical (unpaired) electrons. The summed E-state index contributed by atoms with van der Waals surface area (Å²) >= 11 is 1.29. The number of ether oxygens (including phenoxy) is 1. The van der Waals surface area contributed by atoms with E-state index < -0.39 is 0 Å². The highest BCUT2D eigenvalue weighted by Gasteiger charge is 2.24. The van der Waals surface area contributed by atoms with Crippen molar-refractivity contribution in [3.63, 3.8) is 0 Å². The van der Waals surface area contributed by atoms with Crippen LogP contribution in [0.5, 0.6) is 0 Å². The third-order valence-electron chi connectivity index (χ3n) is 5.33. The van der Waals surface area contributed by atoms with Gasteiger partial charge in [-0.25, -0.2) is 9.18 Å². The third-order valence-corrected chi connectivity index (χ3v) is 6.35. The SMILES string of the molecule is O=C(CSc1nc(=O)n(CC2CCCO2)c2c1CCCC2)Nc1ccc(F)cc1. The molecule has 1 aromatic heterocycles. The Labute approximate surface area is 172 Å². The number of halogens is 1. The summed E-state index contributed by atoms with van der Waals surface area (Å²) in [5.41, 5.74) is 2.42. The summed E-state index contributed by atoms with van der Waals surface area (Å²) in [7, 11) is 0. The normalized spacial score (nSPS) is 18.4. The van der Waals surface area contributed by atoms with E-state index in [1.807, 2.05) is 0 Å². The number of hydrogen-bond donors (Lipinski definition) is 1. The second-order valence-corrected chi connectivity index (χ2v) is 8.39. The fourth-order valence-electron chi connectivity index (χ4n) is 3.91. The summed E-state index contributed by atoms with van der Waals surface area (Å²) < 4.78 is 20.5. The molecule has 0 saturated carbocycles. The molecule has 0 spiro atoms. The van der Waals surface area contributed by atoms with E-state index in [1.54, 1.807) is 4.57 Å². The van der Waals surface area contributed by atoms with E-state index in [-0.39, 0.29) is 29.3 Å². The molecule has 1 aliphatic heterocycles. The van der Waals surface area contributed by atoms with Gasteiger partial charge < -0.3 is 10.1 Å². The van der Waals surface area contributed by atoms with Gasteiger partial charge in [-0.1, -0.05) is 11.8 Å². The molecular weight excluding hydrogens is 393 g/mol. The van der Waals surface area contributed by atoms with Crippen molar-refractivity contribution in [2.24, 2.45) is 0 Å². The first-order valence-electron chi connectivity index (χ1n) is 10.0. The molecule has 2 aliphatic rings. The number of carbonyl (C=O) groups is 1. The number of rotatable bonds is 6. The lowest BCUT2D eigenvalue weighted by atomic mass is 9.97. The molecular formula is C21H24FN3O3S. The predicted octanol–water partition coefficient (Wildman–Crippen LogP) is 3.17. The van der Waals surface area contributed by atoms with Crippen molar-refractivity contribution in [2.45, 2.75) is 56.2 Å². The maximum absolute atomic E-state index is 13.0. The van der Waals surface area contributed by atoms with Gasteiger partial charge in [0.05, 0.1) is 18.4 Å². The number of fused-ring (bicyclic) bond motifs is 1. The van der Waals surface area contributed by atoms with Crippen molar-refractivity contribution in [1.82, 2.24) is 9.55 Å². The maximum atomic E-state index is 13.0. The van der Waals surface area contributed by atoms with Crippen molar-refractivity contribution < 1.29 is 13.9 Å². The van der Waals surface area contributed by atoms with E-state index >= 15 is 0 Å². The lowest BCUT2D eigenvalue weighted by Gasteiger charge is -2.24. The maximum Gasteiger partial charge on any atom is 0.348 e. The first kappa shape index (κ1) is 20.1. The highest BCUT2D eigenvalue weighted by molar-refractivity contribution is 8.00. The predicted molar refractivity (Wildman–Crippen MR) is 110 cm³/mol. The van der Waals surface area contributed by atoms with Crippen LogP contribution in [0.1, 0.15) is 36.9 Å². The van der Waals surface area contributed by atoms with Gasteiger partial charge in [0.2, 0.25) is 5.91 Å². The average molecular weight is 418 g/mol. The quantitative estimate of drug-likeness (QED) is 0.577. The highest BCUT2D eigenvalue weighted by Crippen LogP contribution is 2.29. The van der Waals surface area contributed by atoms with Crippen LogP contribution in [0.2, 0.25) is 0 Å². The summed E-state index contributed by atoms with van der Waals surface area (Å²) in [4.78, 5) is 29.3. The van der Waals surface area contributed by atoms with Gasteiger partial charge in [0.1, 0.15) is 10.8 Å². The molecule has 154 valence electrons. The van der Waals surface area contributed by atoms with Crippen molar-refractivity contribution in [3.05, 3.63) is 51.8 Å². The first-order valence-corrected chi connectivity index (χ1v) is 11.0. The fourth-order valence-corrected chi connectivity index (χ4v) is 4.79. The number of hydrogen-bond acceptors (Lipinski definition) is 5. The molecule has 2 aromatic rings. The highest BCUT2D eigenvalue weighted by atomic mass is 32.2. The zero-order valence-electron chi connectivity index (χ0n) is 16.2. The monoisotopic (exact) mass is 417 g/mol. The Kier molecular flexibility index (Phi) is 6.30. The van der Waals surface area contributed by atoms with Gasteiger partial charge in [0, 0.05) is 23.6 Å². The topological polar surface area (TPSA) is 73.2 Å². The Balaban J connectivity index is 1.48. The Morgan fingerprint density at radius 3 is 2.79 bits per heavy atom. The Morgan fingerprint density at radius 2 is 2.03 bits per heavy atom. The molecule has 0 bridgehead atoms. The molecule has 29 heavy (non-hydrogen) atoms. The van der Waals surface area contributed by atoms with Gasteiger partial charge in [-0.05, 0) is 62.8 Å². The molecule has 8 heteroatoms. The lowest BCUT2D eigenvalue weighted by molar-refractivity contribution is -0.113. The minimum atomic E-state index is -0.350. The van der Waals surface area contributed by atoms with Crippen LogP contribution in [0, 0.1) is 5.82 Å². The van der Waals surface area contributed by atoms with Crippen molar-refractivity contribution in [1.29, 1.82) is 0 Å². The minimum Gasteiger partial charge on any atom is -0.376 e. The zero-order chi connectivity index (χ0) is 20.2. The molecule has 1 fully saturated rings. The van der Waals surface area contributed by atoms with Gasteiger partial charge in [0.15, 0.2) is 0 Å². The smallest absolute Gasteiger partial charge is 0.348 e. The molecule has 1 atom stereocenters. The molecule has 1 saturated heterocycles. The molecule has 1 amide bonds. The first-order chi connectivity index (χ1) is 14.1. The molecule has 2 heterocycles. The number of amides is 1. The second kappa shape index (κ2) is 9.09. The molecule has 4 rings (SSSR count). The van der Waals surface area contributed by atoms with Crippen LogP contribution < -0.4 is 11.0 Å². The number of nitrogens with zero attached hydrogens (tertiary/aromatic N) is 2. The van der Waals surface area contributed by atoms with Crippen LogP contribution in [0.3, 0.4) is 0 Å². The molecule has 1 N–H and O–H groups in total. The van der Waals surface area contributed by atoms with Crippen LogP contribution in [0.25, 0.3) is 0 Å². The Morgan fingerprint density at radius 1 is 1.24 bits per heavy atom. The third kappa shape index (κ3) is 4.87. The van der Waals surface area contributed by atoms with Crippen molar-refractivity contribution >= 4 is 23.4 Å². The van der Waals surface area contributed by atoms with Crippen LogP contribution >= 0.6 is 11.8 Å². The number of thioether (sulfide) groups is 1. The number of carbonyl (C=O) groups excluding carboxylic acids is 1. The van der Waals surface area contributed by atoms with Crippen LogP contribution in [-0.4, -0.2) is 33.9 Å². The number of benzene rings is 1. The van der Waals surface area contributed by atoms with Crippen molar-refractivity contribution in [2.75, 3.05) is 17.7 Å². The number of aromatic nitrogens is 2. The van der Waals surface area contributed by atoms with Gasteiger partial charge in [-0.3, -0.25) is 9.36 Å². The second-order valence-electron chi connectivity index (χ2n) is 7.42. The zero-order valence-corrected chi connectivity index (χ0v) is 17.0. The minimum absolute atomic E-state index is 0.0838. The fraction of sp³-hybridized carbons (Fsp3) is 0.476. The molecule has 1 aliphatic carbocycles. The van der Waals surface area contributed by atoms with E-state index in [0.29, 0.717) is 17.3 Å². The van der Waals surface area contributed by atoms with Crippen LogP contribution in [0.15, 0.2) is 34.1 Å². The average Bonchev–Trinajstić information content (AvgIpc) is 3.24. The van der Waals surface area contributed by atoms with Gasteiger partial charge in [0.25, 0.3) is 0 Å². The summed E-state index contributed by atoms with van der Waals surface area (Å²) in [6, 6.07) is 5.64. The van der Waals surface area contributed by atoms with E-state index in [2.05, 4.69) is 10.3 Å². The molecule has 1 aromatic carbocycles. The van der Waals surface area contributed by atoms with E-state index in [1.165, 1.54) is 36.0 Å². The van der Waals surface area contributed by atoms with Crippen molar-refractivity contribution in [3.8, 4) is 0 Å². The summed E-state index contributed by atoms with van der Waals surface area (Å²) in [6.45, 7) is 1.32. The van der Waals surface area contributed by atoms with E-state index in [0.717, 1.165) is 56.4 Å². The summed E-state index contributed by atoms with van der Waals surface area (Å²) in [6.07, 6.45) is 5.93. The summed E-state index contributed by atoms with van der Waals surface area (Å²) in [5, 5.41) is 3.39. The Hall–Kier alpha value is -2.19. The molecule has 1 unspecified atom stereocenters.